The van der Waals surface area contributed by atoms with Crippen molar-refractivity contribution in [3.8, 4) is 0 Å². The summed E-state index contributed by atoms with van der Waals surface area (Å²) in [6, 6.07) is 5.20. The normalized spacial score (nSPS) is 15.9. The van der Waals surface area contributed by atoms with Gasteiger partial charge in [-0.1, -0.05) is 6.07 Å². The van der Waals surface area contributed by atoms with E-state index in [0.717, 1.165) is 5.56 Å². The first-order valence-corrected chi connectivity index (χ1v) is 7.30. The standard InChI is InChI=1S/C17H18N2O4/c1-16(2,13-8-18-9-22-13)15(21)19-10-5-6-12-11(7-10)14(20)23-17(12,3)4/h5-9H,1-4H3,(H,19,21). The Labute approximate surface area is 133 Å². The molecule has 2 heterocycles. The highest BCUT2D eigenvalue weighted by Gasteiger charge is 2.38. The molecule has 6 nitrogen and oxygen atoms in total. The van der Waals surface area contributed by atoms with Crippen LogP contribution in [-0.4, -0.2) is 16.9 Å². The molecule has 0 spiro atoms. The van der Waals surface area contributed by atoms with Gasteiger partial charge in [0, 0.05) is 11.3 Å². The number of aromatic nitrogens is 1. The Balaban J connectivity index is 1.86. The monoisotopic (exact) mass is 314 g/mol. The summed E-state index contributed by atoms with van der Waals surface area (Å²) in [7, 11) is 0. The predicted molar refractivity (Wildman–Crippen MR) is 83.0 cm³/mol. The molecule has 1 aliphatic rings. The fraction of sp³-hybridized carbons (Fsp3) is 0.353. The molecule has 23 heavy (non-hydrogen) atoms. The highest BCUT2D eigenvalue weighted by atomic mass is 16.6. The van der Waals surface area contributed by atoms with E-state index in [4.69, 9.17) is 9.15 Å². The van der Waals surface area contributed by atoms with Crippen LogP contribution >= 0.6 is 0 Å². The topological polar surface area (TPSA) is 81.4 Å². The molecular formula is C17H18N2O4. The van der Waals surface area contributed by atoms with Crippen LogP contribution < -0.4 is 5.32 Å². The Morgan fingerprint density at radius 3 is 2.70 bits per heavy atom. The second-order valence-electron chi connectivity index (χ2n) is 6.60. The van der Waals surface area contributed by atoms with Crippen molar-refractivity contribution >= 4 is 17.6 Å². The first kappa shape index (κ1) is 15.3. The lowest BCUT2D eigenvalue weighted by Gasteiger charge is -2.21. The Morgan fingerprint density at radius 2 is 2.04 bits per heavy atom. The average molecular weight is 314 g/mol. The summed E-state index contributed by atoms with van der Waals surface area (Å²) in [6.45, 7) is 7.16. The van der Waals surface area contributed by atoms with Crippen molar-refractivity contribution in [3.05, 3.63) is 47.7 Å². The van der Waals surface area contributed by atoms with E-state index in [0.29, 0.717) is 17.0 Å². The van der Waals surface area contributed by atoms with Gasteiger partial charge in [0.05, 0.1) is 11.8 Å². The third kappa shape index (κ3) is 2.50. The number of fused-ring (bicyclic) bond motifs is 1. The first-order valence-electron chi connectivity index (χ1n) is 7.30. The van der Waals surface area contributed by atoms with Gasteiger partial charge in [0.25, 0.3) is 0 Å². The molecule has 1 amide bonds. The minimum absolute atomic E-state index is 0.250. The van der Waals surface area contributed by atoms with E-state index in [2.05, 4.69) is 10.3 Å². The molecule has 2 aromatic rings. The smallest absolute Gasteiger partial charge is 0.339 e. The molecule has 0 aliphatic carbocycles. The van der Waals surface area contributed by atoms with Gasteiger partial charge in [-0.2, -0.15) is 0 Å². The van der Waals surface area contributed by atoms with Crippen LogP contribution in [0.2, 0.25) is 0 Å². The maximum atomic E-state index is 12.5. The van der Waals surface area contributed by atoms with Gasteiger partial charge in [-0.25, -0.2) is 9.78 Å². The Morgan fingerprint density at radius 1 is 1.30 bits per heavy atom. The number of esters is 1. The van der Waals surface area contributed by atoms with Crippen LogP contribution in [-0.2, 0) is 20.5 Å². The van der Waals surface area contributed by atoms with Crippen molar-refractivity contribution in [3.63, 3.8) is 0 Å². The molecule has 1 aromatic heterocycles. The molecule has 1 aliphatic heterocycles. The molecule has 1 aromatic carbocycles. The van der Waals surface area contributed by atoms with E-state index in [-0.39, 0.29) is 11.9 Å². The van der Waals surface area contributed by atoms with Crippen molar-refractivity contribution in [1.29, 1.82) is 0 Å². The summed E-state index contributed by atoms with van der Waals surface area (Å²) >= 11 is 0. The molecule has 0 fully saturated rings. The van der Waals surface area contributed by atoms with E-state index in [1.54, 1.807) is 32.0 Å². The summed E-state index contributed by atoms with van der Waals surface area (Å²) in [5, 5.41) is 2.81. The molecule has 0 saturated carbocycles. The molecule has 0 bridgehead atoms. The summed E-state index contributed by atoms with van der Waals surface area (Å²) in [5.74, 6) is -0.160. The highest BCUT2D eigenvalue weighted by molar-refractivity contribution is 6.00. The maximum absolute atomic E-state index is 12.5. The van der Waals surface area contributed by atoms with Crippen LogP contribution in [0.15, 0.2) is 35.2 Å². The maximum Gasteiger partial charge on any atom is 0.339 e. The van der Waals surface area contributed by atoms with Crippen molar-refractivity contribution in [2.45, 2.75) is 38.7 Å². The number of anilines is 1. The second-order valence-corrected chi connectivity index (χ2v) is 6.60. The largest absolute Gasteiger partial charge is 0.451 e. The number of nitrogens with zero attached hydrogens (tertiary/aromatic N) is 1. The van der Waals surface area contributed by atoms with Gasteiger partial charge in [0.1, 0.15) is 16.8 Å². The first-order chi connectivity index (χ1) is 10.7. The zero-order valence-corrected chi connectivity index (χ0v) is 13.5. The van der Waals surface area contributed by atoms with Crippen LogP contribution in [0, 0.1) is 0 Å². The lowest BCUT2D eigenvalue weighted by atomic mass is 9.89. The Hall–Kier alpha value is -2.63. The van der Waals surface area contributed by atoms with Crippen LogP contribution in [0.25, 0.3) is 0 Å². The molecule has 6 heteroatoms. The minimum Gasteiger partial charge on any atom is -0.451 e. The molecule has 0 saturated heterocycles. The number of benzene rings is 1. The van der Waals surface area contributed by atoms with Gasteiger partial charge in [-0.3, -0.25) is 4.79 Å². The zero-order chi connectivity index (χ0) is 16.8. The van der Waals surface area contributed by atoms with E-state index >= 15 is 0 Å². The number of hydrogen-bond acceptors (Lipinski definition) is 5. The lowest BCUT2D eigenvalue weighted by Crippen LogP contribution is -2.34. The number of hydrogen-bond donors (Lipinski definition) is 1. The van der Waals surface area contributed by atoms with E-state index < -0.39 is 11.0 Å². The Kier molecular flexibility index (Phi) is 3.28. The number of rotatable bonds is 3. The number of amides is 1. The average Bonchev–Trinajstić information content (AvgIpc) is 3.07. The number of carbonyl (C=O) groups is 2. The molecule has 0 radical (unpaired) electrons. The van der Waals surface area contributed by atoms with Crippen molar-refractivity contribution in [1.82, 2.24) is 4.98 Å². The number of cyclic esters (lactones) is 1. The third-order valence-corrected chi connectivity index (χ3v) is 4.11. The Bertz CT molecular complexity index is 776. The van der Waals surface area contributed by atoms with Crippen molar-refractivity contribution < 1.29 is 18.7 Å². The van der Waals surface area contributed by atoms with Crippen LogP contribution in [0.4, 0.5) is 5.69 Å². The molecule has 3 rings (SSSR count). The van der Waals surface area contributed by atoms with Crippen LogP contribution in [0.5, 0.6) is 0 Å². The fourth-order valence-corrected chi connectivity index (χ4v) is 2.58. The second kappa shape index (κ2) is 4.94. The fourth-order valence-electron chi connectivity index (χ4n) is 2.58. The van der Waals surface area contributed by atoms with Crippen molar-refractivity contribution in [2.24, 2.45) is 0 Å². The van der Waals surface area contributed by atoms with Gasteiger partial charge in [-0.15, -0.1) is 0 Å². The molecule has 0 unspecified atom stereocenters. The number of oxazole rings is 1. The third-order valence-electron chi connectivity index (χ3n) is 4.11. The summed E-state index contributed by atoms with van der Waals surface area (Å²) in [6.07, 6.45) is 2.81. The predicted octanol–water partition coefficient (Wildman–Crippen LogP) is 3.00. The lowest BCUT2D eigenvalue weighted by molar-refractivity contribution is -0.121. The molecular weight excluding hydrogens is 296 g/mol. The van der Waals surface area contributed by atoms with E-state index in [1.807, 2.05) is 13.8 Å². The summed E-state index contributed by atoms with van der Waals surface area (Å²) in [4.78, 5) is 28.3. The summed E-state index contributed by atoms with van der Waals surface area (Å²) in [5.41, 5.74) is 0.305. The highest BCUT2D eigenvalue weighted by Crippen LogP contribution is 2.37. The van der Waals surface area contributed by atoms with Gasteiger partial charge in [0.2, 0.25) is 5.91 Å². The number of nitrogens with one attached hydrogen (secondary N) is 1. The van der Waals surface area contributed by atoms with Gasteiger partial charge in [-0.05, 0) is 39.8 Å². The van der Waals surface area contributed by atoms with Crippen molar-refractivity contribution in [2.75, 3.05) is 5.32 Å². The molecule has 0 atom stereocenters. The van der Waals surface area contributed by atoms with Gasteiger partial charge < -0.3 is 14.5 Å². The molecule has 120 valence electrons. The minimum atomic E-state index is -0.880. The van der Waals surface area contributed by atoms with Crippen LogP contribution in [0.3, 0.4) is 0 Å². The number of ether oxygens (including phenoxy) is 1. The summed E-state index contributed by atoms with van der Waals surface area (Å²) < 4.78 is 10.6. The van der Waals surface area contributed by atoms with Crippen LogP contribution in [0.1, 0.15) is 49.4 Å². The molecule has 1 N–H and O–H groups in total. The quantitative estimate of drug-likeness (QED) is 0.881. The SMILES string of the molecule is CC1(C)OC(=O)c2cc(NC(=O)C(C)(C)c3cnco3)ccc21. The zero-order valence-electron chi connectivity index (χ0n) is 13.5. The number of carbonyl (C=O) groups excluding carboxylic acids is 2. The van der Waals surface area contributed by atoms with E-state index in [1.165, 1.54) is 12.6 Å². The van der Waals surface area contributed by atoms with Gasteiger partial charge >= 0.3 is 5.97 Å². The van der Waals surface area contributed by atoms with Gasteiger partial charge in [0.15, 0.2) is 6.39 Å². The van der Waals surface area contributed by atoms with E-state index in [9.17, 15) is 9.59 Å².